The van der Waals surface area contributed by atoms with E-state index in [1.807, 2.05) is 0 Å². The number of carboxylic acids is 1. The summed E-state index contributed by atoms with van der Waals surface area (Å²) in [6.07, 6.45) is 0.224. The molecule has 2 atom stereocenters. The summed E-state index contributed by atoms with van der Waals surface area (Å²) < 4.78 is 0. The number of aliphatic carboxylic acids is 1. The zero-order valence-electron chi connectivity index (χ0n) is 10.6. The standard InChI is InChI=1S/C12H24N2O2/c1-9(2)6-14-7-10(3)5-13-11(8-14)4-12(15)16/h9-11,13H,4-8H2,1-3H3,(H,15,16). The van der Waals surface area contributed by atoms with Crippen LogP contribution in [-0.2, 0) is 4.79 Å². The van der Waals surface area contributed by atoms with Crippen molar-refractivity contribution >= 4 is 5.97 Å². The van der Waals surface area contributed by atoms with E-state index in [1.165, 1.54) is 0 Å². The van der Waals surface area contributed by atoms with Crippen molar-refractivity contribution < 1.29 is 9.90 Å². The second-order valence-electron chi connectivity index (χ2n) is 5.42. The minimum absolute atomic E-state index is 0.0983. The highest BCUT2D eigenvalue weighted by Gasteiger charge is 2.23. The molecule has 0 aromatic heterocycles. The van der Waals surface area contributed by atoms with Crippen molar-refractivity contribution in [3.8, 4) is 0 Å². The van der Waals surface area contributed by atoms with Gasteiger partial charge in [0.1, 0.15) is 0 Å². The first-order valence-electron chi connectivity index (χ1n) is 6.15. The Hall–Kier alpha value is -0.610. The molecule has 1 saturated heterocycles. The van der Waals surface area contributed by atoms with Crippen LogP contribution >= 0.6 is 0 Å². The van der Waals surface area contributed by atoms with Gasteiger partial charge in [-0.2, -0.15) is 0 Å². The summed E-state index contributed by atoms with van der Waals surface area (Å²) in [6, 6.07) is 0.0983. The monoisotopic (exact) mass is 228 g/mol. The Kier molecular flexibility index (Phi) is 5.22. The molecular formula is C12H24N2O2. The fraction of sp³-hybridized carbons (Fsp3) is 0.917. The van der Waals surface area contributed by atoms with Gasteiger partial charge in [0.2, 0.25) is 0 Å². The van der Waals surface area contributed by atoms with Crippen molar-refractivity contribution in [1.29, 1.82) is 0 Å². The molecule has 94 valence electrons. The van der Waals surface area contributed by atoms with Crippen molar-refractivity contribution in [3.05, 3.63) is 0 Å². The maximum absolute atomic E-state index is 10.7. The van der Waals surface area contributed by atoms with Crippen LogP contribution in [-0.4, -0.2) is 48.2 Å². The average Bonchev–Trinajstić information content (AvgIpc) is 2.26. The molecule has 0 spiro atoms. The summed E-state index contributed by atoms with van der Waals surface area (Å²) in [5.74, 6) is 0.518. The van der Waals surface area contributed by atoms with Crippen LogP contribution in [0.2, 0.25) is 0 Å². The first-order chi connectivity index (χ1) is 7.47. The van der Waals surface area contributed by atoms with E-state index in [-0.39, 0.29) is 12.5 Å². The second kappa shape index (κ2) is 6.21. The van der Waals surface area contributed by atoms with E-state index in [9.17, 15) is 4.79 Å². The molecule has 0 bridgehead atoms. The predicted octanol–water partition coefficient (Wildman–Crippen LogP) is 1.03. The Morgan fingerprint density at radius 1 is 1.50 bits per heavy atom. The van der Waals surface area contributed by atoms with Crippen LogP contribution in [0.5, 0.6) is 0 Å². The molecule has 2 unspecified atom stereocenters. The smallest absolute Gasteiger partial charge is 0.304 e. The number of nitrogens with one attached hydrogen (secondary N) is 1. The van der Waals surface area contributed by atoms with Gasteiger partial charge in [-0.15, -0.1) is 0 Å². The predicted molar refractivity (Wildman–Crippen MR) is 64.5 cm³/mol. The van der Waals surface area contributed by atoms with Gasteiger partial charge in [0.05, 0.1) is 6.42 Å². The molecule has 0 radical (unpaired) electrons. The van der Waals surface area contributed by atoms with E-state index in [0.717, 1.165) is 26.2 Å². The third kappa shape index (κ3) is 4.94. The topological polar surface area (TPSA) is 52.6 Å². The van der Waals surface area contributed by atoms with E-state index >= 15 is 0 Å². The van der Waals surface area contributed by atoms with Gasteiger partial charge >= 0.3 is 5.97 Å². The van der Waals surface area contributed by atoms with Crippen molar-refractivity contribution in [2.45, 2.75) is 33.2 Å². The Labute approximate surface area is 98.0 Å². The average molecular weight is 228 g/mol. The Balaban J connectivity index is 2.52. The number of rotatable bonds is 4. The van der Waals surface area contributed by atoms with E-state index < -0.39 is 5.97 Å². The molecule has 1 aliphatic heterocycles. The molecule has 1 heterocycles. The first kappa shape index (κ1) is 13.5. The number of nitrogens with zero attached hydrogens (tertiary/aromatic N) is 1. The van der Waals surface area contributed by atoms with E-state index in [4.69, 9.17) is 5.11 Å². The molecule has 1 fully saturated rings. The molecule has 1 rings (SSSR count). The van der Waals surface area contributed by atoms with Crippen molar-refractivity contribution in [2.75, 3.05) is 26.2 Å². The zero-order chi connectivity index (χ0) is 12.1. The second-order valence-corrected chi connectivity index (χ2v) is 5.42. The fourth-order valence-corrected chi connectivity index (χ4v) is 2.34. The van der Waals surface area contributed by atoms with Gasteiger partial charge in [0, 0.05) is 25.7 Å². The van der Waals surface area contributed by atoms with Gasteiger partial charge < -0.3 is 15.3 Å². The summed E-state index contributed by atoms with van der Waals surface area (Å²) >= 11 is 0. The third-order valence-corrected chi connectivity index (χ3v) is 2.85. The lowest BCUT2D eigenvalue weighted by molar-refractivity contribution is -0.137. The van der Waals surface area contributed by atoms with Gasteiger partial charge in [0.25, 0.3) is 0 Å². The fourth-order valence-electron chi connectivity index (χ4n) is 2.34. The molecule has 0 aliphatic carbocycles. The van der Waals surface area contributed by atoms with E-state index in [2.05, 4.69) is 31.0 Å². The van der Waals surface area contributed by atoms with Crippen molar-refractivity contribution in [3.63, 3.8) is 0 Å². The van der Waals surface area contributed by atoms with Crippen LogP contribution in [0, 0.1) is 11.8 Å². The molecule has 1 aliphatic rings. The van der Waals surface area contributed by atoms with Crippen molar-refractivity contribution in [1.82, 2.24) is 10.2 Å². The zero-order valence-corrected chi connectivity index (χ0v) is 10.6. The number of hydrogen-bond donors (Lipinski definition) is 2. The quantitative estimate of drug-likeness (QED) is 0.754. The van der Waals surface area contributed by atoms with Gasteiger partial charge in [-0.25, -0.2) is 0 Å². The number of carboxylic acid groups (broad SMARTS) is 1. The van der Waals surface area contributed by atoms with Crippen molar-refractivity contribution in [2.24, 2.45) is 11.8 Å². The lowest BCUT2D eigenvalue weighted by atomic mass is 10.1. The highest BCUT2D eigenvalue weighted by atomic mass is 16.4. The van der Waals surface area contributed by atoms with Crippen LogP contribution in [0.3, 0.4) is 0 Å². The molecule has 4 heteroatoms. The van der Waals surface area contributed by atoms with Crippen LogP contribution in [0.25, 0.3) is 0 Å². The highest BCUT2D eigenvalue weighted by molar-refractivity contribution is 5.67. The largest absolute Gasteiger partial charge is 0.481 e. The Bertz CT molecular complexity index is 231. The molecule has 0 amide bonds. The lowest BCUT2D eigenvalue weighted by Gasteiger charge is -2.26. The van der Waals surface area contributed by atoms with E-state index in [0.29, 0.717) is 11.8 Å². The first-order valence-corrected chi connectivity index (χ1v) is 6.15. The van der Waals surface area contributed by atoms with Gasteiger partial charge in [-0.1, -0.05) is 20.8 Å². The molecule has 0 saturated carbocycles. The van der Waals surface area contributed by atoms with Crippen LogP contribution in [0.1, 0.15) is 27.2 Å². The molecule has 0 aromatic carbocycles. The molecule has 2 N–H and O–H groups in total. The maximum Gasteiger partial charge on any atom is 0.304 e. The van der Waals surface area contributed by atoms with Crippen LogP contribution in [0.15, 0.2) is 0 Å². The summed E-state index contributed by atoms with van der Waals surface area (Å²) in [5, 5.41) is 12.2. The number of carbonyl (C=O) groups is 1. The van der Waals surface area contributed by atoms with Crippen LogP contribution in [0.4, 0.5) is 0 Å². The van der Waals surface area contributed by atoms with Crippen LogP contribution < -0.4 is 5.32 Å². The normalized spacial score (nSPS) is 28.0. The van der Waals surface area contributed by atoms with Gasteiger partial charge in [0.15, 0.2) is 0 Å². The summed E-state index contributed by atoms with van der Waals surface area (Å²) in [7, 11) is 0. The molecule has 0 aromatic rings. The Morgan fingerprint density at radius 3 is 2.75 bits per heavy atom. The van der Waals surface area contributed by atoms with Gasteiger partial charge in [-0.05, 0) is 18.4 Å². The maximum atomic E-state index is 10.7. The Morgan fingerprint density at radius 2 is 2.19 bits per heavy atom. The minimum Gasteiger partial charge on any atom is -0.481 e. The number of hydrogen-bond acceptors (Lipinski definition) is 3. The summed E-state index contributed by atoms with van der Waals surface area (Å²) in [5.41, 5.74) is 0. The highest BCUT2D eigenvalue weighted by Crippen LogP contribution is 2.10. The molecule has 16 heavy (non-hydrogen) atoms. The molecule has 4 nitrogen and oxygen atoms in total. The molecular weight excluding hydrogens is 204 g/mol. The SMILES string of the molecule is CC(C)CN1CC(C)CNC(CC(=O)O)C1. The third-order valence-electron chi connectivity index (χ3n) is 2.85. The summed E-state index contributed by atoms with van der Waals surface area (Å²) in [4.78, 5) is 13.1. The lowest BCUT2D eigenvalue weighted by Crippen LogP contribution is -2.40. The van der Waals surface area contributed by atoms with E-state index in [1.54, 1.807) is 0 Å². The van der Waals surface area contributed by atoms with Gasteiger partial charge in [-0.3, -0.25) is 4.79 Å². The summed E-state index contributed by atoms with van der Waals surface area (Å²) in [6.45, 7) is 10.5. The minimum atomic E-state index is -0.712.